The van der Waals surface area contributed by atoms with Crippen LogP contribution < -0.4 is 4.74 Å². The van der Waals surface area contributed by atoms with Crippen molar-refractivity contribution in [3.05, 3.63) is 24.2 Å². The number of aromatic nitrogens is 3. The van der Waals surface area contributed by atoms with E-state index in [1.54, 1.807) is 6.20 Å². The molecule has 0 unspecified atom stereocenters. The molecular formula is C21H30N4O2. The summed E-state index contributed by atoms with van der Waals surface area (Å²) in [6, 6.07) is 4.96. The molecule has 27 heavy (non-hydrogen) atoms. The maximum atomic E-state index is 6.19. The fourth-order valence-corrected chi connectivity index (χ4v) is 4.37. The Morgan fingerprint density at radius 1 is 1.07 bits per heavy atom. The van der Waals surface area contributed by atoms with Crippen molar-refractivity contribution in [2.75, 3.05) is 0 Å². The van der Waals surface area contributed by atoms with Crippen LogP contribution in [0.25, 0.3) is 11.4 Å². The van der Waals surface area contributed by atoms with Gasteiger partial charge in [-0.05, 0) is 64.5 Å². The average molecular weight is 370 g/mol. The summed E-state index contributed by atoms with van der Waals surface area (Å²) >= 11 is 0. The zero-order valence-electron chi connectivity index (χ0n) is 16.4. The lowest BCUT2D eigenvalue weighted by molar-refractivity contribution is 0.0825. The van der Waals surface area contributed by atoms with Gasteiger partial charge < -0.3 is 9.26 Å². The van der Waals surface area contributed by atoms with Gasteiger partial charge in [-0.15, -0.1) is 0 Å². The first-order valence-electron chi connectivity index (χ1n) is 10.4. The molecule has 4 rings (SSSR count). The Balaban J connectivity index is 1.49. The van der Waals surface area contributed by atoms with E-state index in [1.165, 1.54) is 38.5 Å². The highest BCUT2D eigenvalue weighted by atomic mass is 16.5. The van der Waals surface area contributed by atoms with Gasteiger partial charge in [0.1, 0.15) is 6.10 Å². The minimum Gasteiger partial charge on any atom is -0.474 e. The van der Waals surface area contributed by atoms with Crippen molar-refractivity contribution in [1.82, 2.24) is 20.0 Å². The number of hydrogen-bond acceptors (Lipinski definition) is 6. The third-order valence-corrected chi connectivity index (χ3v) is 6.00. The molecule has 2 aromatic heterocycles. The van der Waals surface area contributed by atoms with Crippen LogP contribution in [0.5, 0.6) is 5.88 Å². The van der Waals surface area contributed by atoms with Crippen LogP contribution in [-0.4, -0.2) is 38.2 Å². The van der Waals surface area contributed by atoms with Crippen LogP contribution in [-0.2, 0) is 6.54 Å². The van der Waals surface area contributed by atoms with Crippen LogP contribution in [0.4, 0.5) is 0 Å². The summed E-state index contributed by atoms with van der Waals surface area (Å²) in [6.07, 6.45) is 11.7. The van der Waals surface area contributed by atoms with E-state index in [4.69, 9.17) is 9.26 Å². The van der Waals surface area contributed by atoms with Gasteiger partial charge in [0.25, 0.3) is 0 Å². The fourth-order valence-electron chi connectivity index (χ4n) is 4.37. The molecule has 2 atom stereocenters. The molecule has 1 saturated carbocycles. The lowest BCUT2D eigenvalue weighted by Crippen LogP contribution is -2.43. The SMILES string of the molecule is C[C@@H]1CCC[C@H](C)N1Cc1nc(-c2cccnc2OC2CCCCC2)no1. The van der Waals surface area contributed by atoms with Crippen LogP contribution in [0.1, 0.15) is 71.1 Å². The van der Waals surface area contributed by atoms with Crippen molar-refractivity contribution in [2.24, 2.45) is 0 Å². The van der Waals surface area contributed by atoms with Gasteiger partial charge in [0.05, 0.1) is 12.1 Å². The van der Waals surface area contributed by atoms with Gasteiger partial charge in [-0.1, -0.05) is 18.0 Å². The smallest absolute Gasteiger partial charge is 0.241 e. The van der Waals surface area contributed by atoms with Gasteiger partial charge in [0.15, 0.2) is 0 Å². The van der Waals surface area contributed by atoms with E-state index in [-0.39, 0.29) is 6.10 Å². The standard InChI is InChI=1S/C21H30N4O2/c1-15-8-6-9-16(2)25(15)14-19-23-20(24-27-19)18-12-7-13-22-21(18)26-17-10-4-3-5-11-17/h7,12-13,15-17H,3-6,8-11,14H2,1-2H3/t15-,16+. The van der Waals surface area contributed by atoms with Crippen molar-refractivity contribution in [3.63, 3.8) is 0 Å². The number of hydrogen-bond donors (Lipinski definition) is 0. The largest absolute Gasteiger partial charge is 0.474 e. The second-order valence-electron chi connectivity index (χ2n) is 8.05. The molecule has 6 heteroatoms. The maximum absolute atomic E-state index is 6.19. The summed E-state index contributed by atoms with van der Waals surface area (Å²) in [4.78, 5) is 11.6. The van der Waals surface area contributed by atoms with Crippen LogP contribution in [0.15, 0.2) is 22.9 Å². The van der Waals surface area contributed by atoms with Gasteiger partial charge in [-0.3, -0.25) is 4.90 Å². The molecule has 0 spiro atoms. The molecule has 2 aliphatic rings. The third-order valence-electron chi connectivity index (χ3n) is 6.00. The maximum Gasteiger partial charge on any atom is 0.241 e. The zero-order chi connectivity index (χ0) is 18.6. The van der Waals surface area contributed by atoms with Crippen molar-refractivity contribution in [2.45, 2.75) is 89.9 Å². The van der Waals surface area contributed by atoms with Gasteiger partial charge in [0, 0.05) is 18.3 Å². The van der Waals surface area contributed by atoms with E-state index in [0.29, 0.717) is 36.2 Å². The number of ether oxygens (including phenoxy) is 1. The van der Waals surface area contributed by atoms with Crippen molar-refractivity contribution >= 4 is 0 Å². The second-order valence-corrected chi connectivity index (χ2v) is 8.05. The van der Waals surface area contributed by atoms with Crippen LogP contribution in [0.3, 0.4) is 0 Å². The second kappa shape index (κ2) is 8.38. The lowest BCUT2D eigenvalue weighted by atomic mass is 9.98. The van der Waals surface area contributed by atoms with Crippen molar-refractivity contribution in [3.8, 4) is 17.3 Å². The van der Waals surface area contributed by atoms with E-state index >= 15 is 0 Å². The number of piperidine rings is 1. The monoisotopic (exact) mass is 370 g/mol. The predicted molar refractivity (Wildman–Crippen MR) is 103 cm³/mol. The van der Waals surface area contributed by atoms with E-state index in [2.05, 4.69) is 33.9 Å². The van der Waals surface area contributed by atoms with Crippen LogP contribution in [0, 0.1) is 0 Å². The number of nitrogens with zero attached hydrogens (tertiary/aromatic N) is 4. The van der Waals surface area contributed by atoms with Gasteiger partial charge in [-0.2, -0.15) is 4.98 Å². The average Bonchev–Trinajstić information content (AvgIpc) is 3.15. The third kappa shape index (κ3) is 4.32. The molecule has 0 N–H and O–H groups in total. The Kier molecular flexibility index (Phi) is 5.72. The van der Waals surface area contributed by atoms with Crippen molar-refractivity contribution < 1.29 is 9.26 Å². The molecular weight excluding hydrogens is 340 g/mol. The van der Waals surface area contributed by atoms with Crippen LogP contribution in [0.2, 0.25) is 0 Å². The Bertz CT molecular complexity index is 731. The molecule has 2 aromatic rings. The minimum atomic E-state index is 0.244. The molecule has 0 aromatic carbocycles. The van der Waals surface area contributed by atoms with Gasteiger partial charge in [-0.25, -0.2) is 4.98 Å². The first-order valence-corrected chi connectivity index (χ1v) is 10.4. The van der Waals surface area contributed by atoms with Gasteiger partial charge in [0.2, 0.25) is 17.6 Å². The molecule has 1 saturated heterocycles. The van der Waals surface area contributed by atoms with E-state index in [1.807, 2.05) is 12.1 Å². The molecule has 1 aliphatic carbocycles. The van der Waals surface area contributed by atoms with E-state index in [9.17, 15) is 0 Å². The molecule has 2 fully saturated rings. The number of likely N-dealkylation sites (tertiary alicyclic amines) is 1. The van der Waals surface area contributed by atoms with E-state index in [0.717, 1.165) is 18.4 Å². The van der Waals surface area contributed by atoms with Crippen LogP contribution >= 0.6 is 0 Å². The summed E-state index contributed by atoms with van der Waals surface area (Å²) in [6.45, 7) is 5.27. The molecule has 1 aliphatic heterocycles. The lowest BCUT2D eigenvalue weighted by Gasteiger charge is -2.37. The first kappa shape index (κ1) is 18.4. The molecule has 146 valence electrons. The summed E-state index contributed by atoms with van der Waals surface area (Å²) < 4.78 is 11.8. The van der Waals surface area contributed by atoms with E-state index < -0.39 is 0 Å². The Morgan fingerprint density at radius 3 is 2.63 bits per heavy atom. The van der Waals surface area contributed by atoms with Crippen molar-refractivity contribution in [1.29, 1.82) is 0 Å². The molecule has 6 nitrogen and oxygen atoms in total. The normalized spacial score (nSPS) is 24.8. The highest BCUT2D eigenvalue weighted by molar-refractivity contribution is 5.60. The molecule has 3 heterocycles. The fraction of sp³-hybridized carbons (Fsp3) is 0.667. The Labute approximate surface area is 161 Å². The Morgan fingerprint density at radius 2 is 1.85 bits per heavy atom. The first-order chi connectivity index (χ1) is 13.2. The summed E-state index contributed by atoms with van der Waals surface area (Å²) in [5.41, 5.74) is 0.817. The summed E-state index contributed by atoms with van der Waals surface area (Å²) in [7, 11) is 0. The Hall–Kier alpha value is -1.95. The minimum absolute atomic E-state index is 0.244. The molecule has 0 radical (unpaired) electrons. The molecule has 0 bridgehead atoms. The number of rotatable bonds is 5. The zero-order valence-corrected chi connectivity index (χ0v) is 16.4. The quantitative estimate of drug-likeness (QED) is 0.766. The summed E-state index contributed by atoms with van der Waals surface area (Å²) in [5.74, 6) is 1.86. The predicted octanol–water partition coefficient (Wildman–Crippen LogP) is 4.61. The highest BCUT2D eigenvalue weighted by Crippen LogP contribution is 2.30. The highest BCUT2D eigenvalue weighted by Gasteiger charge is 2.27. The topological polar surface area (TPSA) is 64.3 Å². The molecule has 0 amide bonds. The van der Waals surface area contributed by atoms with Gasteiger partial charge >= 0.3 is 0 Å². The summed E-state index contributed by atoms with van der Waals surface area (Å²) in [5, 5.41) is 4.22. The number of pyridine rings is 1.